The van der Waals surface area contributed by atoms with Crippen LogP contribution in [0.4, 0.5) is 0 Å². The highest BCUT2D eigenvalue weighted by molar-refractivity contribution is 7.91. The van der Waals surface area contributed by atoms with E-state index in [4.69, 9.17) is 0 Å². The molecule has 0 aromatic carbocycles. The van der Waals surface area contributed by atoms with Crippen LogP contribution >= 0.6 is 0 Å². The fraction of sp³-hybridized carbons (Fsp3) is 0.462. The van der Waals surface area contributed by atoms with Gasteiger partial charge in [0, 0.05) is 12.6 Å². The Balaban J connectivity index is 1.90. The molecular formula is C13H15N3O4S. The molecule has 0 saturated carbocycles. The number of methoxy groups -OCH3 is 1. The number of hydrogen-bond acceptors (Lipinski definition) is 6. The van der Waals surface area contributed by atoms with Crippen molar-refractivity contribution in [3.8, 4) is 0 Å². The minimum Gasteiger partial charge on any atom is -0.465 e. The highest BCUT2D eigenvalue weighted by atomic mass is 32.2. The summed E-state index contributed by atoms with van der Waals surface area (Å²) in [6.07, 6.45) is 2.80. The van der Waals surface area contributed by atoms with Gasteiger partial charge in [-0.2, -0.15) is 0 Å². The Morgan fingerprint density at radius 1 is 1.43 bits per heavy atom. The molecule has 0 amide bonds. The van der Waals surface area contributed by atoms with E-state index in [0.717, 1.165) is 0 Å². The molecule has 2 aromatic rings. The predicted octanol–water partition coefficient (Wildman–Crippen LogP) is 0.493. The van der Waals surface area contributed by atoms with E-state index in [0.29, 0.717) is 29.9 Å². The van der Waals surface area contributed by atoms with Crippen molar-refractivity contribution in [1.29, 1.82) is 0 Å². The first-order chi connectivity index (χ1) is 9.98. The van der Waals surface area contributed by atoms with Crippen molar-refractivity contribution in [2.24, 2.45) is 5.92 Å². The quantitative estimate of drug-likeness (QED) is 0.767. The number of aromatic nitrogens is 3. The molecule has 1 aliphatic rings. The van der Waals surface area contributed by atoms with E-state index in [2.05, 4.69) is 14.9 Å². The summed E-state index contributed by atoms with van der Waals surface area (Å²) in [4.78, 5) is 11.6. The van der Waals surface area contributed by atoms with Crippen molar-refractivity contribution >= 4 is 21.5 Å². The number of sulfone groups is 1. The lowest BCUT2D eigenvalue weighted by molar-refractivity contribution is 0.0600. The molecule has 1 saturated heterocycles. The van der Waals surface area contributed by atoms with E-state index in [1.807, 2.05) is 0 Å². The Labute approximate surface area is 121 Å². The Bertz CT molecular complexity index is 797. The molecule has 0 bridgehead atoms. The van der Waals surface area contributed by atoms with Gasteiger partial charge in [-0.15, -0.1) is 10.2 Å². The summed E-state index contributed by atoms with van der Waals surface area (Å²) in [5.41, 5.74) is 1.03. The van der Waals surface area contributed by atoms with Gasteiger partial charge in [-0.05, 0) is 24.5 Å². The second-order valence-electron chi connectivity index (χ2n) is 5.23. The van der Waals surface area contributed by atoms with Gasteiger partial charge in [-0.1, -0.05) is 0 Å². The number of pyridine rings is 1. The van der Waals surface area contributed by atoms with Crippen LogP contribution in [0.25, 0.3) is 5.65 Å². The average Bonchev–Trinajstić information content (AvgIpc) is 3.01. The summed E-state index contributed by atoms with van der Waals surface area (Å²) < 4.78 is 29.4. The molecule has 0 radical (unpaired) electrons. The smallest absolute Gasteiger partial charge is 0.339 e. The third kappa shape index (κ3) is 2.76. The third-order valence-electron chi connectivity index (χ3n) is 3.69. The van der Waals surface area contributed by atoms with Gasteiger partial charge in [0.15, 0.2) is 15.5 Å². The van der Waals surface area contributed by atoms with Gasteiger partial charge in [0.2, 0.25) is 0 Å². The maximum absolute atomic E-state index is 11.6. The van der Waals surface area contributed by atoms with E-state index in [1.165, 1.54) is 7.11 Å². The second kappa shape index (κ2) is 5.10. The first-order valence-corrected chi connectivity index (χ1v) is 8.43. The number of hydrogen-bond donors (Lipinski definition) is 0. The highest BCUT2D eigenvalue weighted by Crippen LogP contribution is 2.22. The molecule has 1 fully saturated rings. The van der Waals surface area contributed by atoms with Gasteiger partial charge in [-0.25, -0.2) is 13.2 Å². The van der Waals surface area contributed by atoms with Crippen LogP contribution in [-0.4, -0.2) is 47.6 Å². The molecule has 21 heavy (non-hydrogen) atoms. The van der Waals surface area contributed by atoms with Crippen LogP contribution in [0.5, 0.6) is 0 Å². The molecule has 3 heterocycles. The van der Waals surface area contributed by atoms with Crippen molar-refractivity contribution < 1.29 is 17.9 Å². The standard InChI is InChI=1S/C13H15N3O4S/c1-20-13(17)10-2-3-11-14-15-12(16(11)7-10)6-9-4-5-21(18,19)8-9/h2-3,7,9H,4-6,8H2,1H3. The summed E-state index contributed by atoms with van der Waals surface area (Å²) in [5, 5.41) is 8.13. The topological polar surface area (TPSA) is 90.6 Å². The molecular weight excluding hydrogens is 294 g/mol. The number of nitrogens with zero attached hydrogens (tertiary/aromatic N) is 3. The van der Waals surface area contributed by atoms with Crippen molar-refractivity contribution in [2.45, 2.75) is 12.8 Å². The van der Waals surface area contributed by atoms with E-state index in [9.17, 15) is 13.2 Å². The average molecular weight is 309 g/mol. The van der Waals surface area contributed by atoms with Gasteiger partial charge < -0.3 is 4.74 Å². The van der Waals surface area contributed by atoms with Crippen molar-refractivity contribution in [1.82, 2.24) is 14.6 Å². The maximum atomic E-state index is 11.6. The zero-order valence-electron chi connectivity index (χ0n) is 11.5. The lowest BCUT2D eigenvalue weighted by atomic mass is 10.1. The maximum Gasteiger partial charge on any atom is 0.339 e. The van der Waals surface area contributed by atoms with Crippen LogP contribution in [0.15, 0.2) is 18.3 Å². The summed E-state index contributed by atoms with van der Waals surface area (Å²) in [6, 6.07) is 3.31. The highest BCUT2D eigenvalue weighted by Gasteiger charge is 2.29. The minimum atomic E-state index is -2.91. The van der Waals surface area contributed by atoms with Crippen LogP contribution in [0, 0.1) is 5.92 Å². The summed E-state index contributed by atoms with van der Waals surface area (Å²) in [7, 11) is -1.59. The van der Waals surface area contributed by atoms with Crippen LogP contribution in [0.3, 0.4) is 0 Å². The van der Waals surface area contributed by atoms with Gasteiger partial charge in [0.25, 0.3) is 0 Å². The first-order valence-electron chi connectivity index (χ1n) is 6.61. The van der Waals surface area contributed by atoms with Crippen molar-refractivity contribution in [3.63, 3.8) is 0 Å². The van der Waals surface area contributed by atoms with Gasteiger partial charge >= 0.3 is 5.97 Å². The number of carbonyl (C=O) groups is 1. The number of fused-ring (bicyclic) bond motifs is 1. The number of carbonyl (C=O) groups excluding carboxylic acids is 1. The number of ether oxygens (including phenoxy) is 1. The lowest BCUT2D eigenvalue weighted by Crippen LogP contribution is -2.10. The normalized spacial score (nSPS) is 20.7. The molecule has 7 nitrogen and oxygen atoms in total. The molecule has 3 rings (SSSR count). The van der Waals surface area contributed by atoms with Crippen LogP contribution in [0.2, 0.25) is 0 Å². The predicted molar refractivity (Wildman–Crippen MR) is 74.8 cm³/mol. The molecule has 1 atom stereocenters. The SMILES string of the molecule is COC(=O)c1ccc2nnc(CC3CCS(=O)(=O)C3)n2c1. The summed E-state index contributed by atoms with van der Waals surface area (Å²) in [6.45, 7) is 0. The zero-order chi connectivity index (χ0) is 15.0. The van der Waals surface area contributed by atoms with E-state index in [-0.39, 0.29) is 17.4 Å². The van der Waals surface area contributed by atoms with Crippen LogP contribution in [-0.2, 0) is 21.0 Å². The molecule has 112 valence electrons. The van der Waals surface area contributed by atoms with E-state index < -0.39 is 15.8 Å². The molecule has 2 aromatic heterocycles. The molecule has 1 aliphatic heterocycles. The zero-order valence-corrected chi connectivity index (χ0v) is 12.3. The Kier molecular flexibility index (Phi) is 3.40. The first kappa shape index (κ1) is 14.0. The van der Waals surface area contributed by atoms with Crippen molar-refractivity contribution in [2.75, 3.05) is 18.6 Å². The van der Waals surface area contributed by atoms with Gasteiger partial charge in [-0.3, -0.25) is 4.40 Å². The van der Waals surface area contributed by atoms with Crippen LogP contribution in [0.1, 0.15) is 22.6 Å². The van der Waals surface area contributed by atoms with E-state index in [1.54, 1.807) is 22.7 Å². The van der Waals surface area contributed by atoms with Gasteiger partial charge in [0.1, 0.15) is 5.82 Å². The van der Waals surface area contributed by atoms with Crippen LogP contribution < -0.4 is 0 Å². The Hall–Kier alpha value is -1.96. The third-order valence-corrected chi connectivity index (χ3v) is 5.53. The fourth-order valence-electron chi connectivity index (χ4n) is 2.61. The lowest BCUT2D eigenvalue weighted by Gasteiger charge is -2.06. The monoisotopic (exact) mass is 309 g/mol. The fourth-order valence-corrected chi connectivity index (χ4v) is 4.47. The Morgan fingerprint density at radius 3 is 2.90 bits per heavy atom. The molecule has 8 heteroatoms. The molecule has 0 N–H and O–H groups in total. The van der Waals surface area contributed by atoms with Crippen molar-refractivity contribution in [3.05, 3.63) is 29.7 Å². The molecule has 1 unspecified atom stereocenters. The Morgan fingerprint density at radius 2 is 2.24 bits per heavy atom. The largest absolute Gasteiger partial charge is 0.465 e. The minimum absolute atomic E-state index is 0.0594. The molecule has 0 aliphatic carbocycles. The number of rotatable bonds is 3. The molecule has 0 spiro atoms. The summed E-state index contributed by atoms with van der Waals surface area (Å²) >= 11 is 0. The second-order valence-corrected chi connectivity index (χ2v) is 7.46. The number of esters is 1. The van der Waals surface area contributed by atoms with E-state index >= 15 is 0 Å². The summed E-state index contributed by atoms with van der Waals surface area (Å²) in [5.74, 6) is 0.725. The van der Waals surface area contributed by atoms with Gasteiger partial charge in [0.05, 0.1) is 24.2 Å².